The fraction of sp³-hybridized carbons (Fsp3) is 0.533. The highest BCUT2D eigenvalue weighted by atomic mass is 32.2. The van der Waals surface area contributed by atoms with E-state index in [0.29, 0.717) is 17.9 Å². The Morgan fingerprint density at radius 2 is 2.05 bits per heavy atom. The third-order valence-electron chi connectivity index (χ3n) is 2.60. The van der Waals surface area contributed by atoms with Gasteiger partial charge in [0.2, 0.25) is 0 Å². The summed E-state index contributed by atoms with van der Waals surface area (Å²) in [5, 5.41) is 3.09. The van der Waals surface area contributed by atoms with E-state index in [-0.39, 0.29) is 0 Å². The molecule has 1 unspecified atom stereocenters. The first-order chi connectivity index (χ1) is 9.52. The van der Waals surface area contributed by atoms with Crippen molar-refractivity contribution in [1.29, 1.82) is 0 Å². The maximum absolute atomic E-state index is 5.79. The summed E-state index contributed by atoms with van der Waals surface area (Å²) in [6, 6.07) is 8.38. The van der Waals surface area contributed by atoms with Crippen molar-refractivity contribution in [2.75, 3.05) is 19.4 Å². The van der Waals surface area contributed by atoms with E-state index in [1.54, 1.807) is 18.9 Å². The molecule has 0 saturated heterocycles. The molecule has 0 bridgehead atoms. The van der Waals surface area contributed by atoms with Gasteiger partial charge in [-0.1, -0.05) is 19.1 Å². The van der Waals surface area contributed by atoms with Crippen LogP contribution in [0.5, 0.6) is 5.75 Å². The highest BCUT2D eigenvalue weighted by molar-refractivity contribution is 7.99. The fourth-order valence-corrected chi connectivity index (χ4v) is 2.66. The molecule has 0 heterocycles. The summed E-state index contributed by atoms with van der Waals surface area (Å²) in [4.78, 5) is 5.52. The maximum Gasteiger partial charge on any atom is 0.188 e. The number of methoxy groups -OCH3 is 1. The van der Waals surface area contributed by atoms with Gasteiger partial charge in [0.15, 0.2) is 5.96 Å². The van der Waals surface area contributed by atoms with Crippen LogP contribution in [0.25, 0.3) is 0 Å². The largest absolute Gasteiger partial charge is 0.496 e. The average molecular weight is 295 g/mol. The molecule has 20 heavy (non-hydrogen) atoms. The van der Waals surface area contributed by atoms with E-state index >= 15 is 0 Å². The van der Waals surface area contributed by atoms with Crippen molar-refractivity contribution in [3.05, 3.63) is 24.3 Å². The molecule has 0 aliphatic carbocycles. The molecule has 1 rings (SSSR count). The minimum absolute atomic E-state index is 0.317. The van der Waals surface area contributed by atoms with Crippen molar-refractivity contribution in [2.24, 2.45) is 16.6 Å². The van der Waals surface area contributed by atoms with Crippen LogP contribution in [0, 0.1) is 5.92 Å². The number of thioether (sulfide) groups is 1. The van der Waals surface area contributed by atoms with Crippen LogP contribution in [0.1, 0.15) is 20.8 Å². The van der Waals surface area contributed by atoms with Crippen molar-refractivity contribution in [3.8, 4) is 5.75 Å². The van der Waals surface area contributed by atoms with Gasteiger partial charge in [-0.2, -0.15) is 0 Å². The fourth-order valence-electron chi connectivity index (χ4n) is 1.62. The van der Waals surface area contributed by atoms with Crippen LogP contribution in [-0.4, -0.2) is 31.4 Å². The number of nitrogens with one attached hydrogen (secondary N) is 1. The number of guanidine groups is 1. The Kier molecular flexibility index (Phi) is 7.30. The summed E-state index contributed by atoms with van der Waals surface area (Å²) in [7, 11) is 1.70. The van der Waals surface area contributed by atoms with Crippen LogP contribution in [0.2, 0.25) is 0 Å². The zero-order valence-electron chi connectivity index (χ0n) is 12.7. The third-order valence-corrected chi connectivity index (χ3v) is 3.99. The SMILES string of the molecule is COc1ccccc1SCC(C)CN=C(N)NC(C)C. The van der Waals surface area contributed by atoms with Crippen molar-refractivity contribution in [3.63, 3.8) is 0 Å². The van der Waals surface area contributed by atoms with Gasteiger partial charge in [-0.3, -0.25) is 4.99 Å². The molecular weight excluding hydrogens is 270 g/mol. The zero-order valence-corrected chi connectivity index (χ0v) is 13.5. The lowest BCUT2D eigenvalue weighted by Gasteiger charge is -2.12. The van der Waals surface area contributed by atoms with Gasteiger partial charge in [-0.05, 0) is 31.9 Å². The molecule has 0 radical (unpaired) electrons. The first kappa shape index (κ1) is 16.7. The normalized spacial score (nSPS) is 13.3. The van der Waals surface area contributed by atoms with Crippen LogP contribution < -0.4 is 15.8 Å². The molecule has 1 aromatic carbocycles. The molecule has 1 atom stereocenters. The number of nitrogens with two attached hydrogens (primary N) is 1. The lowest BCUT2D eigenvalue weighted by Crippen LogP contribution is -2.37. The van der Waals surface area contributed by atoms with E-state index in [4.69, 9.17) is 10.5 Å². The van der Waals surface area contributed by atoms with Crippen LogP contribution in [0.4, 0.5) is 0 Å². The smallest absolute Gasteiger partial charge is 0.188 e. The van der Waals surface area contributed by atoms with Crippen molar-refractivity contribution < 1.29 is 4.74 Å². The highest BCUT2D eigenvalue weighted by Crippen LogP contribution is 2.29. The van der Waals surface area contributed by atoms with Crippen LogP contribution in [0.3, 0.4) is 0 Å². The standard InChI is InChI=1S/C15H25N3OS/c1-11(2)18-15(16)17-9-12(3)10-20-14-8-6-5-7-13(14)19-4/h5-8,11-12H,9-10H2,1-4H3,(H3,16,17,18). The van der Waals surface area contributed by atoms with Gasteiger partial charge < -0.3 is 15.8 Å². The monoisotopic (exact) mass is 295 g/mol. The van der Waals surface area contributed by atoms with Gasteiger partial charge in [0, 0.05) is 23.2 Å². The van der Waals surface area contributed by atoms with Crippen molar-refractivity contribution in [1.82, 2.24) is 5.32 Å². The molecule has 0 aromatic heterocycles. The average Bonchev–Trinajstić information content (AvgIpc) is 2.42. The molecule has 0 aliphatic rings. The molecule has 0 fully saturated rings. The van der Waals surface area contributed by atoms with Crippen molar-refractivity contribution in [2.45, 2.75) is 31.7 Å². The van der Waals surface area contributed by atoms with E-state index < -0.39 is 0 Å². The van der Waals surface area contributed by atoms with Gasteiger partial charge >= 0.3 is 0 Å². The van der Waals surface area contributed by atoms with Crippen LogP contribution >= 0.6 is 11.8 Å². The molecule has 4 nitrogen and oxygen atoms in total. The quantitative estimate of drug-likeness (QED) is 0.461. The number of aliphatic imine (C=N–C) groups is 1. The second kappa shape index (κ2) is 8.74. The minimum atomic E-state index is 0.317. The second-order valence-electron chi connectivity index (χ2n) is 5.09. The van der Waals surface area contributed by atoms with Crippen molar-refractivity contribution >= 4 is 17.7 Å². The minimum Gasteiger partial charge on any atom is -0.496 e. The lowest BCUT2D eigenvalue weighted by molar-refractivity contribution is 0.405. The molecular formula is C15H25N3OS. The molecule has 0 aliphatic heterocycles. The molecule has 3 N–H and O–H groups in total. The number of hydrogen-bond donors (Lipinski definition) is 2. The predicted molar refractivity (Wildman–Crippen MR) is 87.6 cm³/mol. The van der Waals surface area contributed by atoms with E-state index in [2.05, 4.69) is 23.3 Å². The Balaban J connectivity index is 2.41. The molecule has 112 valence electrons. The number of nitrogens with zero attached hydrogens (tertiary/aromatic N) is 1. The molecule has 1 aromatic rings. The predicted octanol–water partition coefficient (Wildman–Crippen LogP) is 2.74. The molecule has 0 amide bonds. The molecule has 0 spiro atoms. The number of para-hydroxylation sites is 1. The van der Waals surface area contributed by atoms with Gasteiger partial charge in [-0.15, -0.1) is 11.8 Å². The summed E-state index contributed by atoms with van der Waals surface area (Å²) in [6.45, 7) is 6.99. The number of hydrogen-bond acceptors (Lipinski definition) is 3. The van der Waals surface area contributed by atoms with E-state index in [1.807, 2.05) is 32.0 Å². The van der Waals surface area contributed by atoms with Gasteiger partial charge in [-0.25, -0.2) is 0 Å². The van der Waals surface area contributed by atoms with Gasteiger partial charge in [0.05, 0.1) is 7.11 Å². The summed E-state index contributed by atoms with van der Waals surface area (Å²) >= 11 is 1.79. The van der Waals surface area contributed by atoms with Gasteiger partial charge in [0.1, 0.15) is 5.75 Å². The Labute approximate surface area is 126 Å². The van der Waals surface area contributed by atoms with E-state index in [1.165, 1.54) is 4.90 Å². The van der Waals surface area contributed by atoms with Crippen LogP contribution in [-0.2, 0) is 0 Å². The summed E-state index contributed by atoms with van der Waals surface area (Å²) in [5.74, 6) is 2.89. The zero-order chi connectivity index (χ0) is 15.0. The first-order valence-corrected chi connectivity index (χ1v) is 7.83. The third kappa shape index (κ3) is 6.19. The first-order valence-electron chi connectivity index (χ1n) is 6.85. The number of ether oxygens (including phenoxy) is 1. The number of benzene rings is 1. The Bertz CT molecular complexity index is 435. The van der Waals surface area contributed by atoms with E-state index in [9.17, 15) is 0 Å². The Morgan fingerprint density at radius 1 is 1.35 bits per heavy atom. The Hall–Kier alpha value is -1.36. The lowest BCUT2D eigenvalue weighted by atomic mass is 10.2. The highest BCUT2D eigenvalue weighted by Gasteiger charge is 2.06. The Morgan fingerprint density at radius 3 is 2.70 bits per heavy atom. The van der Waals surface area contributed by atoms with E-state index in [0.717, 1.165) is 18.0 Å². The summed E-state index contributed by atoms with van der Waals surface area (Å²) in [5.41, 5.74) is 5.79. The molecule has 5 heteroatoms. The van der Waals surface area contributed by atoms with Crippen LogP contribution in [0.15, 0.2) is 34.2 Å². The summed E-state index contributed by atoms with van der Waals surface area (Å²) in [6.07, 6.45) is 0. The number of rotatable bonds is 7. The maximum atomic E-state index is 5.79. The van der Waals surface area contributed by atoms with Gasteiger partial charge in [0.25, 0.3) is 0 Å². The molecule has 0 saturated carbocycles. The summed E-state index contributed by atoms with van der Waals surface area (Å²) < 4.78 is 5.34. The topological polar surface area (TPSA) is 59.6 Å². The second-order valence-corrected chi connectivity index (χ2v) is 6.15.